The molecule has 0 bridgehead atoms. The second-order valence-electron chi connectivity index (χ2n) is 7.90. The van der Waals surface area contributed by atoms with Gasteiger partial charge in [0.1, 0.15) is 11.6 Å². The van der Waals surface area contributed by atoms with Gasteiger partial charge in [0.2, 0.25) is 5.96 Å². The van der Waals surface area contributed by atoms with Crippen LogP contribution in [0.15, 0.2) is 35.3 Å². The van der Waals surface area contributed by atoms with Gasteiger partial charge in [-0.05, 0) is 44.5 Å². The van der Waals surface area contributed by atoms with Gasteiger partial charge >= 0.3 is 6.03 Å². The molecule has 1 fully saturated rings. The Labute approximate surface area is 178 Å². The molecule has 1 aromatic heterocycles. The predicted octanol–water partition coefficient (Wildman–Crippen LogP) is 1.54. The highest BCUT2D eigenvalue weighted by molar-refractivity contribution is 6.06. The maximum atomic E-state index is 13.4. The van der Waals surface area contributed by atoms with E-state index in [9.17, 15) is 18.8 Å². The van der Waals surface area contributed by atoms with E-state index in [1.807, 2.05) is 19.9 Å². The fourth-order valence-electron chi connectivity index (χ4n) is 4.00. The number of aliphatic imine (C=N–C) groups is 1. The van der Waals surface area contributed by atoms with Gasteiger partial charge in [0, 0.05) is 19.3 Å². The number of Topliss-reactive ketones (excluding diaryl/α,β-unsaturated/α-hetero) is 1. The van der Waals surface area contributed by atoms with Crippen LogP contribution in [0.25, 0.3) is 0 Å². The van der Waals surface area contributed by atoms with Gasteiger partial charge in [0.25, 0.3) is 5.91 Å². The summed E-state index contributed by atoms with van der Waals surface area (Å²) in [6, 6.07) is 6.47. The van der Waals surface area contributed by atoms with E-state index in [1.54, 1.807) is 28.8 Å². The monoisotopic (exact) mass is 426 g/mol. The van der Waals surface area contributed by atoms with E-state index in [-0.39, 0.29) is 24.7 Å². The molecule has 0 N–H and O–H groups in total. The molecule has 2 aliphatic heterocycles. The molecule has 2 unspecified atom stereocenters. The summed E-state index contributed by atoms with van der Waals surface area (Å²) in [5, 5.41) is 4.49. The van der Waals surface area contributed by atoms with E-state index < -0.39 is 24.1 Å². The molecular weight excluding hydrogens is 403 g/mol. The van der Waals surface area contributed by atoms with E-state index in [1.165, 1.54) is 24.0 Å². The molecular formula is C21H23FN6O3. The van der Waals surface area contributed by atoms with Crippen LogP contribution in [0.5, 0.6) is 0 Å². The molecule has 4 rings (SSSR count). The van der Waals surface area contributed by atoms with Gasteiger partial charge in [-0.1, -0.05) is 12.1 Å². The lowest BCUT2D eigenvalue weighted by Crippen LogP contribution is -2.65. The number of rotatable bonds is 4. The zero-order valence-electron chi connectivity index (χ0n) is 17.7. The Hall–Kier alpha value is -3.56. The fraction of sp³-hybridized carbons (Fsp3) is 0.381. The molecule has 1 aromatic carbocycles. The quantitative estimate of drug-likeness (QED) is 0.740. The average molecular weight is 426 g/mol. The van der Waals surface area contributed by atoms with Crippen molar-refractivity contribution in [2.45, 2.75) is 39.5 Å². The number of hydrogen-bond acceptors (Lipinski definition) is 6. The van der Waals surface area contributed by atoms with Gasteiger partial charge in [-0.3, -0.25) is 14.5 Å². The number of imide groups is 1. The largest absolute Gasteiger partial charge is 0.328 e. The summed E-state index contributed by atoms with van der Waals surface area (Å²) in [6.07, 6.45) is -0.762. The second kappa shape index (κ2) is 7.60. The minimum atomic E-state index is -0.828. The number of aromatic nitrogens is 2. The van der Waals surface area contributed by atoms with Gasteiger partial charge in [-0.15, -0.1) is 0 Å². The molecule has 9 nitrogen and oxygen atoms in total. The zero-order chi connectivity index (χ0) is 22.4. The summed E-state index contributed by atoms with van der Waals surface area (Å²) in [5.41, 5.74) is 2.37. The molecule has 0 spiro atoms. The molecule has 3 heterocycles. The Morgan fingerprint density at radius 2 is 1.84 bits per heavy atom. The highest BCUT2D eigenvalue weighted by atomic mass is 19.1. The molecule has 31 heavy (non-hydrogen) atoms. The van der Waals surface area contributed by atoms with Gasteiger partial charge in [0.05, 0.1) is 12.2 Å². The van der Waals surface area contributed by atoms with Crippen LogP contribution in [0.4, 0.5) is 9.18 Å². The topological polar surface area (TPSA) is 91.1 Å². The molecule has 1 saturated heterocycles. The first-order chi connectivity index (χ1) is 14.7. The Kier molecular flexibility index (Phi) is 5.08. The molecule has 0 aliphatic carbocycles. The van der Waals surface area contributed by atoms with Crippen molar-refractivity contribution >= 4 is 23.7 Å². The van der Waals surface area contributed by atoms with E-state index in [4.69, 9.17) is 0 Å². The SMILES string of the molecule is CC(=O)CN1C(=O)C2C(N=C(n3nc(C)cc3C)N2Cc2ccc(F)cc2)N(C)C1=O. The Bertz CT molecular complexity index is 1090. The summed E-state index contributed by atoms with van der Waals surface area (Å²) < 4.78 is 15.0. The minimum absolute atomic E-state index is 0.250. The molecule has 2 aliphatic rings. The number of aryl methyl sites for hydroxylation is 2. The van der Waals surface area contributed by atoms with Crippen LogP contribution in [0.1, 0.15) is 23.9 Å². The molecule has 162 valence electrons. The number of nitrogens with zero attached hydrogens (tertiary/aromatic N) is 6. The third-order valence-corrected chi connectivity index (χ3v) is 5.42. The molecule has 2 aromatic rings. The highest BCUT2D eigenvalue weighted by Gasteiger charge is 2.52. The van der Waals surface area contributed by atoms with Crippen molar-refractivity contribution in [2.75, 3.05) is 13.6 Å². The number of likely N-dealkylation sites (N-methyl/N-ethyl adjacent to an activating group) is 1. The van der Waals surface area contributed by atoms with Crippen LogP contribution in [-0.2, 0) is 16.1 Å². The van der Waals surface area contributed by atoms with Crippen LogP contribution < -0.4 is 0 Å². The molecule has 0 radical (unpaired) electrons. The standard InChI is InChI=1S/C21H23FN6O3/c1-12-9-13(2)28(24-12)20-23-18-17(26(20)11-15-5-7-16(22)8-6-15)19(30)27(10-14(3)29)21(31)25(18)4/h5-9,17-18H,10-11H2,1-4H3. The van der Waals surface area contributed by atoms with Crippen LogP contribution in [-0.4, -0.2) is 74.0 Å². The van der Waals surface area contributed by atoms with Gasteiger partial charge in [-0.25, -0.2) is 18.9 Å². The van der Waals surface area contributed by atoms with Crippen molar-refractivity contribution in [3.63, 3.8) is 0 Å². The number of urea groups is 1. The van der Waals surface area contributed by atoms with E-state index in [2.05, 4.69) is 10.1 Å². The summed E-state index contributed by atoms with van der Waals surface area (Å²) in [7, 11) is 1.56. The lowest BCUT2D eigenvalue weighted by atomic mass is 10.1. The zero-order valence-corrected chi connectivity index (χ0v) is 17.7. The van der Waals surface area contributed by atoms with Gasteiger partial charge in [-0.2, -0.15) is 5.10 Å². The maximum Gasteiger partial charge on any atom is 0.328 e. The number of benzene rings is 1. The molecule has 3 amide bonds. The molecule has 0 saturated carbocycles. The maximum absolute atomic E-state index is 13.4. The second-order valence-corrected chi connectivity index (χ2v) is 7.90. The Morgan fingerprint density at radius 3 is 2.42 bits per heavy atom. The fourth-order valence-corrected chi connectivity index (χ4v) is 4.00. The number of carbonyl (C=O) groups is 3. The summed E-state index contributed by atoms with van der Waals surface area (Å²) in [5.74, 6) is -0.730. The van der Waals surface area contributed by atoms with Crippen LogP contribution in [0.2, 0.25) is 0 Å². The van der Waals surface area contributed by atoms with Crippen molar-refractivity contribution in [1.29, 1.82) is 0 Å². The van der Waals surface area contributed by atoms with Crippen molar-refractivity contribution in [2.24, 2.45) is 4.99 Å². The predicted molar refractivity (Wildman–Crippen MR) is 110 cm³/mol. The summed E-state index contributed by atoms with van der Waals surface area (Å²) in [6.45, 7) is 5.01. The van der Waals surface area contributed by atoms with Crippen LogP contribution in [0.3, 0.4) is 0 Å². The van der Waals surface area contributed by atoms with Crippen molar-refractivity contribution < 1.29 is 18.8 Å². The smallest absolute Gasteiger partial charge is 0.321 e. The number of fused-ring (bicyclic) bond motifs is 1. The first-order valence-corrected chi connectivity index (χ1v) is 9.87. The Morgan fingerprint density at radius 1 is 1.16 bits per heavy atom. The van der Waals surface area contributed by atoms with Crippen molar-refractivity contribution in [3.8, 4) is 0 Å². The van der Waals surface area contributed by atoms with E-state index in [0.717, 1.165) is 21.9 Å². The normalized spacial score (nSPS) is 20.9. The molecule has 2 atom stereocenters. The van der Waals surface area contributed by atoms with Crippen molar-refractivity contribution in [3.05, 3.63) is 53.1 Å². The van der Waals surface area contributed by atoms with Gasteiger partial charge < -0.3 is 9.80 Å². The Balaban J connectivity index is 1.78. The third-order valence-electron chi connectivity index (χ3n) is 5.42. The lowest BCUT2D eigenvalue weighted by Gasteiger charge is -2.41. The van der Waals surface area contributed by atoms with Crippen LogP contribution in [0, 0.1) is 19.7 Å². The van der Waals surface area contributed by atoms with E-state index in [0.29, 0.717) is 5.96 Å². The van der Waals surface area contributed by atoms with E-state index >= 15 is 0 Å². The highest BCUT2D eigenvalue weighted by Crippen LogP contribution is 2.30. The van der Waals surface area contributed by atoms with Crippen molar-refractivity contribution in [1.82, 2.24) is 24.5 Å². The summed E-state index contributed by atoms with van der Waals surface area (Å²) in [4.78, 5) is 46.6. The van der Waals surface area contributed by atoms with Crippen LogP contribution >= 0.6 is 0 Å². The lowest BCUT2D eigenvalue weighted by molar-refractivity contribution is -0.140. The first kappa shape index (κ1) is 20.7. The number of hydrogen-bond donors (Lipinski definition) is 0. The number of ketones is 1. The van der Waals surface area contributed by atoms with Gasteiger partial charge in [0.15, 0.2) is 12.2 Å². The first-order valence-electron chi connectivity index (χ1n) is 9.87. The minimum Gasteiger partial charge on any atom is -0.321 e. The number of amides is 3. The number of halogens is 1. The summed E-state index contributed by atoms with van der Waals surface area (Å²) >= 11 is 0. The number of carbonyl (C=O) groups excluding carboxylic acids is 3. The average Bonchev–Trinajstić information content (AvgIpc) is 3.24. The molecule has 10 heteroatoms. The third kappa shape index (κ3) is 3.58.